The molecular formula is C16H15N3O2. The molecule has 0 radical (unpaired) electrons. The summed E-state index contributed by atoms with van der Waals surface area (Å²) in [6.07, 6.45) is 0. The molecule has 0 spiro atoms. The smallest absolute Gasteiger partial charge is 0.260 e. The third-order valence-electron chi connectivity index (χ3n) is 3.08. The molecule has 0 saturated heterocycles. The van der Waals surface area contributed by atoms with Crippen LogP contribution in [0.2, 0.25) is 0 Å². The van der Waals surface area contributed by atoms with Gasteiger partial charge < -0.3 is 4.74 Å². The maximum atomic E-state index is 11.0. The Morgan fingerprint density at radius 3 is 2.43 bits per heavy atom. The lowest BCUT2D eigenvalue weighted by molar-refractivity contribution is -0.120. The first-order valence-electron chi connectivity index (χ1n) is 6.68. The van der Waals surface area contributed by atoms with E-state index in [2.05, 4.69) is 15.8 Å². The molecule has 0 aromatic heterocycles. The first kappa shape index (κ1) is 13.2. The van der Waals surface area contributed by atoms with Gasteiger partial charge in [-0.1, -0.05) is 30.3 Å². The molecule has 1 amide bonds. The minimum Gasteiger partial charge on any atom is -0.489 e. The first-order chi connectivity index (χ1) is 10.3. The van der Waals surface area contributed by atoms with Gasteiger partial charge in [0.05, 0.1) is 0 Å². The molecule has 3 rings (SSSR count). The summed E-state index contributed by atoms with van der Waals surface area (Å²) < 4.78 is 5.72. The average Bonchev–Trinajstić information content (AvgIpc) is 2.55. The summed E-state index contributed by atoms with van der Waals surface area (Å²) in [5, 5.41) is 0. The number of benzene rings is 2. The number of nitrogens with zero attached hydrogens (tertiary/aromatic N) is 1. The first-order valence-corrected chi connectivity index (χ1v) is 6.68. The molecule has 5 heteroatoms. The number of aliphatic imine (C=N–C) groups is 1. The second kappa shape index (κ2) is 6.09. The Kier molecular flexibility index (Phi) is 3.82. The van der Waals surface area contributed by atoms with Crippen molar-refractivity contribution in [3.63, 3.8) is 0 Å². The van der Waals surface area contributed by atoms with Crippen molar-refractivity contribution in [3.8, 4) is 5.75 Å². The fraction of sp³-hybridized carbons (Fsp3) is 0.125. The zero-order chi connectivity index (χ0) is 14.5. The molecule has 0 bridgehead atoms. The van der Waals surface area contributed by atoms with Crippen LogP contribution in [-0.4, -0.2) is 18.3 Å². The van der Waals surface area contributed by atoms with Gasteiger partial charge in [0.15, 0.2) is 0 Å². The number of carbonyl (C=O) groups is 1. The normalized spacial score (nSPS) is 13.9. The summed E-state index contributed by atoms with van der Waals surface area (Å²) in [6.45, 7) is 0.685. The molecule has 2 N–H and O–H groups in total. The van der Waals surface area contributed by atoms with E-state index >= 15 is 0 Å². The lowest BCUT2D eigenvalue weighted by atomic mass is 10.2. The molecule has 1 aliphatic rings. The fourth-order valence-electron chi connectivity index (χ4n) is 1.97. The summed E-state index contributed by atoms with van der Waals surface area (Å²) in [5.41, 5.74) is 7.35. The Hall–Kier alpha value is -2.82. The summed E-state index contributed by atoms with van der Waals surface area (Å²) in [7, 11) is 0. The third kappa shape index (κ3) is 3.39. The van der Waals surface area contributed by atoms with E-state index in [1.54, 1.807) is 0 Å². The van der Waals surface area contributed by atoms with E-state index in [4.69, 9.17) is 4.74 Å². The van der Waals surface area contributed by atoms with Gasteiger partial charge >= 0.3 is 0 Å². The van der Waals surface area contributed by atoms with Gasteiger partial charge in [-0.25, -0.2) is 0 Å². The minimum atomic E-state index is -0.137. The second-order valence-electron chi connectivity index (χ2n) is 4.64. The van der Waals surface area contributed by atoms with Crippen molar-refractivity contribution in [1.29, 1.82) is 0 Å². The molecule has 0 atom stereocenters. The zero-order valence-electron chi connectivity index (χ0n) is 11.4. The van der Waals surface area contributed by atoms with E-state index in [9.17, 15) is 4.79 Å². The molecule has 2 aromatic carbocycles. The van der Waals surface area contributed by atoms with E-state index in [1.165, 1.54) is 0 Å². The highest BCUT2D eigenvalue weighted by atomic mass is 16.5. The van der Waals surface area contributed by atoms with Crippen molar-refractivity contribution in [2.24, 2.45) is 4.99 Å². The van der Waals surface area contributed by atoms with Crippen LogP contribution in [0.25, 0.3) is 0 Å². The molecule has 0 fully saturated rings. The fourth-order valence-corrected chi connectivity index (χ4v) is 1.97. The molecule has 5 nitrogen and oxygen atoms in total. The summed E-state index contributed by atoms with van der Waals surface area (Å²) >= 11 is 0. The molecule has 106 valence electrons. The Morgan fingerprint density at radius 2 is 1.76 bits per heavy atom. The van der Waals surface area contributed by atoms with Crippen molar-refractivity contribution in [2.75, 3.05) is 6.54 Å². The van der Waals surface area contributed by atoms with Crippen LogP contribution in [-0.2, 0) is 11.4 Å². The Labute approximate surface area is 122 Å². The van der Waals surface area contributed by atoms with Crippen molar-refractivity contribution in [1.82, 2.24) is 10.9 Å². The summed E-state index contributed by atoms with van der Waals surface area (Å²) in [5.74, 6) is 1.31. The lowest BCUT2D eigenvalue weighted by Gasteiger charge is -2.15. The van der Waals surface area contributed by atoms with Gasteiger partial charge in [0.25, 0.3) is 5.91 Å². The highest BCUT2D eigenvalue weighted by molar-refractivity contribution is 6.02. The van der Waals surface area contributed by atoms with Crippen molar-refractivity contribution >= 4 is 11.7 Å². The maximum absolute atomic E-state index is 11.0. The molecule has 0 aliphatic carbocycles. The molecule has 0 saturated carbocycles. The predicted octanol–water partition coefficient (Wildman–Crippen LogP) is 1.65. The molecule has 21 heavy (non-hydrogen) atoms. The van der Waals surface area contributed by atoms with Crippen LogP contribution in [0.1, 0.15) is 11.1 Å². The molecule has 0 unspecified atom stereocenters. The largest absolute Gasteiger partial charge is 0.489 e. The Balaban J connectivity index is 1.63. The lowest BCUT2D eigenvalue weighted by Crippen LogP contribution is -2.47. The van der Waals surface area contributed by atoms with Crippen LogP contribution >= 0.6 is 0 Å². The van der Waals surface area contributed by atoms with Gasteiger partial charge in [0, 0.05) is 5.56 Å². The average molecular weight is 281 g/mol. The number of nitrogens with one attached hydrogen (secondary N) is 2. The summed E-state index contributed by atoms with van der Waals surface area (Å²) in [6, 6.07) is 17.6. The monoisotopic (exact) mass is 281 g/mol. The molecular weight excluding hydrogens is 266 g/mol. The van der Waals surface area contributed by atoms with Crippen LogP contribution < -0.4 is 15.6 Å². The second-order valence-corrected chi connectivity index (χ2v) is 4.64. The highest BCUT2D eigenvalue weighted by Crippen LogP contribution is 2.14. The maximum Gasteiger partial charge on any atom is 0.260 e. The highest BCUT2D eigenvalue weighted by Gasteiger charge is 2.11. The number of ether oxygens (including phenoxy) is 1. The molecule has 1 aliphatic heterocycles. The third-order valence-corrected chi connectivity index (χ3v) is 3.08. The van der Waals surface area contributed by atoms with E-state index in [1.807, 2.05) is 54.6 Å². The van der Waals surface area contributed by atoms with Gasteiger partial charge in [-0.2, -0.15) is 0 Å². The van der Waals surface area contributed by atoms with Crippen LogP contribution in [0.15, 0.2) is 59.6 Å². The number of hydrogen-bond acceptors (Lipinski definition) is 4. The van der Waals surface area contributed by atoms with Gasteiger partial charge in [0.2, 0.25) is 0 Å². The van der Waals surface area contributed by atoms with Gasteiger partial charge in [0.1, 0.15) is 24.7 Å². The van der Waals surface area contributed by atoms with Gasteiger partial charge in [-0.15, -0.1) is 0 Å². The number of amidine groups is 1. The summed E-state index contributed by atoms with van der Waals surface area (Å²) in [4.78, 5) is 15.2. The Morgan fingerprint density at radius 1 is 1.00 bits per heavy atom. The van der Waals surface area contributed by atoms with Gasteiger partial charge in [-0.3, -0.25) is 20.6 Å². The van der Waals surface area contributed by atoms with Crippen molar-refractivity contribution < 1.29 is 9.53 Å². The number of rotatable bonds is 4. The van der Waals surface area contributed by atoms with Crippen LogP contribution in [0.5, 0.6) is 5.75 Å². The van der Waals surface area contributed by atoms with Crippen molar-refractivity contribution in [2.45, 2.75) is 6.61 Å². The number of amides is 1. The molecule has 2 aromatic rings. The van der Waals surface area contributed by atoms with E-state index in [0.29, 0.717) is 12.4 Å². The topological polar surface area (TPSA) is 62.7 Å². The quantitative estimate of drug-likeness (QED) is 0.895. The van der Waals surface area contributed by atoms with Crippen LogP contribution in [0.3, 0.4) is 0 Å². The number of hydrogen-bond donors (Lipinski definition) is 2. The molecule has 1 heterocycles. The standard InChI is InChI=1S/C16H15N3O2/c20-15-10-17-16(19-18-15)13-6-8-14(9-7-13)21-11-12-4-2-1-3-5-12/h1-9H,10-11H2,(H,17,19)(H,18,20). The van der Waals surface area contributed by atoms with E-state index in [-0.39, 0.29) is 12.5 Å². The zero-order valence-corrected chi connectivity index (χ0v) is 11.4. The minimum absolute atomic E-state index is 0.137. The van der Waals surface area contributed by atoms with Crippen LogP contribution in [0.4, 0.5) is 0 Å². The predicted molar refractivity (Wildman–Crippen MR) is 79.9 cm³/mol. The van der Waals surface area contributed by atoms with Crippen LogP contribution in [0, 0.1) is 0 Å². The van der Waals surface area contributed by atoms with E-state index < -0.39 is 0 Å². The van der Waals surface area contributed by atoms with E-state index in [0.717, 1.165) is 16.9 Å². The number of hydrazine groups is 1. The Bertz CT molecular complexity index is 651. The number of carbonyl (C=O) groups excluding carboxylic acids is 1. The SMILES string of the molecule is O=C1CN=C(c2ccc(OCc3ccccc3)cc2)NN1. The van der Waals surface area contributed by atoms with Gasteiger partial charge in [-0.05, 0) is 29.8 Å². The van der Waals surface area contributed by atoms with Crippen molar-refractivity contribution in [3.05, 3.63) is 65.7 Å².